The smallest absolute Gasteiger partial charge is 0.334 e. The van der Waals surface area contributed by atoms with Crippen molar-refractivity contribution in [3.63, 3.8) is 0 Å². The second-order valence-electron chi connectivity index (χ2n) is 3.69. The minimum atomic E-state index is -1.00. The van der Waals surface area contributed by atoms with E-state index in [1.54, 1.807) is 0 Å². The van der Waals surface area contributed by atoms with Crippen LogP contribution in [0.3, 0.4) is 0 Å². The van der Waals surface area contributed by atoms with Crippen molar-refractivity contribution in [1.29, 1.82) is 0 Å². The molecule has 0 saturated heterocycles. The molecule has 4 nitrogen and oxygen atoms in total. The highest BCUT2D eigenvalue weighted by molar-refractivity contribution is 5.88. The van der Waals surface area contributed by atoms with Gasteiger partial charge in [0.15, 0.2) is 5.54 Å². The van der Waals surface area contributed by atoms with Crippen LogP contribution in [0.5, 0.6) is 0 Å². The molecule has 0 fully saturated rings. The number of aliphatic hydroxyl groups excluding tert-OH is 1. The minimum Gasteiger partial charge on any atom is -0.467 e. The number of rotatable bonds is 2. The summed E-state index contributed by atoms with van der Waals surface area (Å²) in [5.74, 6) is -0.429. The second kappa shape index (κ2) is 3.55. The van der Waals surface area contributed by atoms with Gasteiger partial charge in [-0.3, -0.25) is 0 Å². The van der Waals surface area contributed by atoms with E-state index >= 15 is 0 Å². The number of carbonyl (C=O) groups is 1. The van der Waals surface area contributed by atoms with Crippen LogP contribution in [0.4, 0.5) is 5.69 Å². The van der Waals surface area contributed by atoms with E-state index in [1.807, 2.05) is 24.3 Å². The van der Waals surface area contributed by atoms with Gasteiger partial charge in [0.1, 0.15) is 0 Å². The summed E-state index contributed by atoms with van der Waals surface area (Å²) < 4.78 is 4.70. The molecule has 0 aromatic heterocycles. The lowest BCUT2D eigenvalue weighted by molar-refractivity contribution is -0.147. The Morgan fingerprint density at radius 1 is 1.60 bits per heavy atom. The fourth-order valence-corrected chi connectivity index (χ4v) is 1.90. The quantitative estimate of drug-likeness (QED) is 0.696. The molecule has 80 valence electrons. The van der Waals surface area contributed by atoms with E-state index in [4.69, 9.17) is 4.74 Å². The van der Waals surface area contributed by atoms with Gasteiger partial charge in [0, 0.05) is 12.1 Å². The third kappa shape index (κ3) is 1.47. The SMILES string of the molecule is COC(=O)C1(CO)Cc2ccccc2N1. The first-order valence-electron chi connectivity index (χ1n) is 4.77. The molecule has 1 aromatic carbocycles. The molecule has 0 amide bonds. The maximum Gasteiger partial charge on any atom is 0.334 e. The maximum atomic E-state index is 11.6. The van der Waals surface area contributed by atoms with Gasteiger partial charge in [0.05, 0.1) is 13.7 Å². The highest BCUT2D eigenvalue weighted by Gasteiger charge is 2.44. The maximum absolute atomic E-state index is 11.6. The number of ether oxygens (including phenoxy) is 1. The number of esters is 1. The number of methoxy groups -OCH3 is 1. The lowest BCUT2D eigenvalue weighted by Crippen LogP contribution is -2.49. The van der Waals surface area contributed by atoms with E-state index in [0.717, 1.165) is 11.3 Å². The van der Waals surface area contributed by atoms with E-state index in [9.17, 15) is 9.90 Å². The summed E-state index contributed by atoms with van der Waals surface area (Å²) in [6.45, 7) is -0.269. The number of hydrogen-bond acceptors (Lipinski definition) is 4. The molecule has 0 saturated carbocycles. The average Bonchev–Trinajstić information content (AvgIpc) is 2.67. The van der Waals surface area contributed by atoms with Crippen molar-refractivity contribution in [3.05, 3.63) is 29.8 Å². The van der Waals surface area contributed by atoms with Crippen LogP contribution >= 0.6 is 0 Å². The molecule has 15 heavy (non-hydrogen) atoms. The van der Waals surface area contributed by atoms with Gasteiger partial charge in [0.2, 0.25) is 0 Å². The van der Waals surface area contributed by atoms with Crippen molar-refractivity contribution in [1.82, 2.24) is 0 Å². The Morgan fingerprint density at radius 2 is 2.33 bits per heavy atom. The number of hydrogen-bond donors (Lipinski definition) is 2. The lowest BCUT2D eigenvalue weighted by Gasteiger charge is -2.24. The fraction of sp³-hybridized carbons (Fsp3) is 0.364. The van der Waals surface area contributed by atoms with Crippen LogP contribution in [0.25, 0.3) is 0 Å². The summed E-state index contributed by atoms with van der Waals surface area (Å²) in [7, 11) is 1.32. The molecule has 0 bridgehead atoms. The van der Waals surface area contributed by atoms with Gasteiger partial charge >= 0.3 is 5.97 Å². The molecule has 1 atom stereocenters. The average molecular weight is 207 g/mol. The van der Waals surface area contributed by atoms with E-state index in [1.165, 1.54) is 7.11 Å². The highest BCUT2D eigenvalue weighted by Crippen LogP contribution is 2.32. The summed E-state index contributed by atoms with van der Waals surface area (Å²) in [6, 6.07) is 7.61. The van der Waals surface area contributed by atoms with Gasteiger partial charge in [-0.05, 0) is 11.6 Å². The van der Waals surface area contributed by atoms with Crippen molar-refractivity contribution < 1.29 is 14.6 Å². The monoisotopic (exact) mass is 207 g/mol. The summed E-state index contributed by atoms with van der Waals surface area (Å²) in [5.41, 5.74) is 0.909. The molecule has 0 aliphatic carbocycles. The number of nitrogens with one attached hydrogen (secondary N) is 1. The topological polar surface area (TPSA) is 58.6 Å². The zero-order chi connectivity index (χ0) is 10.9. The lowest BCUT2D eigenvalue weighted by atomic mass is 9.96. The Hall–Kier alpha value is -1.55. The summed E-state index contributed by atoms with van der Waals surface area (Å²) >= 11 is 0. The first-order chi connectivity index (χ1) is 7.22. The molecule has 1 aliphatic heterocycles. The predicted molar refractivity (Wildman–Crippen MR) is 55.6 cm³/mol. The van der Waals surface area contributed by atoms with Crippen molar-refractivity contribution in [2.75, 3.05) is 19.0 Å². The fourth-order valence-electron chi connectivity index (χ4n) is 1.90. The molecular weight excluding hydrogens is 194 g/mol. The Kier molecular flexibility index (Phi) is 2.36. The van der Waals surface area contributed by atoms with E-state index < -0.39 is 11.5 Å². The molecule has 1 heterocycles. The number of para-hydroxylation sites is 1. The predicted octanol–water partition coefficient (Wildman–Crippen LogP) is 0.559. The summed E-state index contributed by atoms with van der Waals surface area (Å²) in [4.78, 5) is 11.6. The van der Waals surface area contributed by atoms with Crippen molar-refractivity contribution in [2.24, 2.45) is 0 Å². The Balaban J connectivity index is 2.33. The van der Waals surface area contributed by atoms with Crippen LogP contribution in [0.15, 0.2) is 24.3 Å². The van der Waals surface area contributed by atoms with Crippen LogP contribution < -0.4 is 5.32 Å². The zero-order valence-corrected chi connectivity index (χ0v) is 8.49. The molecule has 1 aliphatic rings. The molecular formula is C11H13NO3. The molecule has 0 spiro atoms. The number of aliphatic hydroxyl groups is 1. The molecule has 0 radical (unpaired) electrons. The third-order valence-corrected chi connectivity index (χ3v) is 2.73. The van der Waals surface area contributed by atoms with Gasteiger partial charge in [-0.25, -0.2) is 4.79 Å². The Bertz CT molecular complexity index is 364. The van der Waals surface area contributed by atoms with Crippen LogP contribution in [-0.4, -0.2) is 30.3 Å². The van der Waals surface area contributed by atoms with E-state index in [-0.39, 0.29) is 6.61 Å². The molecule has 4 heteroatoms. The normalized spacial score (nSPS) is 23.1. The number of carbonyl (C=O) groups excluding carboxylic acids is 1. The van der Waals surface area contributed by atoms with Crippen LogP contribution in [0.2, 0.25) is 0 Å². The number of benzene rings is 1. The van der Waals surface area contributed by atoms with E-state index in [2.05, 4.69) is 5.32 Å². The van der Waals surface area contributed by atoms with Crippen LogP contribution in [-0.2, 0) is 16.0 Å². The first-order valence-corrected chi connectivity index (χ1v) is 4.77. The zero-order valence-electron chi connectivity index (χ0n) is 8.49. The molecule has 2 rings (SSSR count). The molecule has 2 N–H and O–H groups in total. The van der Waals surface area contributed by atoms with Gasteiger partial charge in [-0.1, -0.05) is 18.2 Å². The molecule has 1 unspecified atom stereocenters. The number of anilines is 1. The van der Waals surface area contributed by atoms with Crippen LogP contribution in [0, 0.1) is 0 Å². The first kappa shape index (κ1) is 9.98. The summed E-state index contributed by atoms with van der Waals surface area (Å²) in [5, 5.41) is 12.4. The van der Waals surface area contributed by atoms with Crippen LogP contribution in [0.1, 0.15) is 5.56 Å². The van der Waals surface area contributed by atoms with Gasteiger partial charge in [-0.2, -0.15) is 0 Å². The Morgan fingerprint density at radius 3 is 2.93 bits per heavy atom. The standard InChI is InChI=1S/C11H13NO3/c1-15-10(14)11(7-13)6-8-4-2-3-5-9(8)12-11/h2-5,12-13H,6-7H2,1H3. The van der Waals surface area contributed by atoms with Gasteiger partial charge in [0.25, 0.3) is 0 Å². The minimum absolute atomic E-state index is 0.269. The Labute approximate surface area is 87.9 Å². The third-order valence-electron chi connectivity index (χ3n) is 2.73. The van der Waals surface area contributed by atoms with E-state index in [0.29, 0.717) is 6.42 Å². The molecule has 1 aromatic rings. The summed E-state index contributed by atoms with van der Waals surface area (Å²) in [6.07, 6.45) is 0.465. The van der Waals surface area contributed by atoms with Crippen molar-refractivity contribution >= 4 is 11.7 Å². The largest absolute Gasteiger partial charge is 0.467 e. The highest BCUT2D eigenvalue weighted by atomic mass is 16.5. The van der Waals surface area contributed by atoms with Crippen molar-refractivity contribution in [3.8, 4) is 0 Å². The second-order valence-corrected chi connectivity index (χ2v) is 3.69. The number of fused-ring (bicyclic) bond motifs is 1. The van der Waals surface area contributed by atoms with Gasteiger partial charge < -0.3 is 15.2 Å². The van der Waals surface area contributed by atoms with Crippen molar-refractivity contribution in [2.45, 2.75) is 12.0 Å². The van der Waals surface area contributed by atoms with Gasteiger partial charge in [-0.15, -0.1) is 0 Å².